The SMILES string of the molecule is CC(C)SCc1ccc(C(F)(F)F)c(N)c1. The Morgan fingerprint density at radius 3 is 2.38 bits per heavy atom. The molecule has 0 saturated carbocycles. The quantitative estimate of drug-likeness (QED) is 0.821. The Morgan fingerprint density at radius 1 is 1.31 bits per heavy atom. The zero-order valence-corrected chi connectivity index (χ0v) is 9.95. The molecule has 0 fully saturated rings. The summed E-state index contributed by atoms with van der Waals surface area (Å²) in [5.74, 6) is 0.681. The second-order valence-electron chi connectivity index (χ2n) is 3.78. The minimum Gasteiger partial charge on any atom is -0.398 e. The summed E-state index contributed by atoms with van der Waals surface area (Å²) < 4.78 is 37.2. The summed E-state index contributed by atoms with van der Waals surface area (Å²) >= 11 is 1.67. The molecule has 2 N–H and O–H groups in total. The molecule has 0 aromatic heterocycles. The molecule has 0 aliphatic heterocycles. The number of thioether (sulfide) groups is 1. The third kappa shape index (κ3) is 3.63. The maximum absolute atomic E-state index is 12.4. The fraction of sp³-hybridized carbons (Fsp3) is 0.455. The smallest absolute Gasteiger partial charge is 0.398 e. The standard InChI is InChI=1S/C11H14F3NS/c1-7(2)16-6-8-3-4-9(10(15)5-8)11(12,13)14/h3-5,7H,6,15H2,1-2H3. The molecule has 0 atom stereocenters. The molecule has 0 unspecified atom stereocenters. The number of halogens is 3. The van der Waals surface area contributed by atoms with Crippen LogP contribution in [0.4, 0.5) is 18.9 Å². The number of benzene rings is 1. The van der Waals surface area contributed by atoms with Gasteiger partial charge in [0.1, 0.15) is 0 Å². The van der Waals surface area contributed by atoms with Gasteiger partial charge in [0, 0.05) is 11.4 Å². The number of rotatable bonds is 3. The molecule has 1 rings (SSSR count). The van der Waals surface area contributed by atoms with Gasteiger partial charge in [-0.05, 0) is 22.9 Å². The van der Waals surface area contributed by atoms with Gasteiger partial charge in [0.2, 0.25) is 0 Å². The first kappa shape index (κ1) is 13.2. The van der Waals surface area contributed by atoms with E-state index in [-0.39, 0.29) is 5.69 Å². The van der Waals surface area contributed by atoms with E-state index >= 15 is 0 Å². The van der Waals surface area contributed by atoms with E-state index < -0.39 is 11.7 Å². The highest BCUT2D eigenvalue weighted by atomic mass is 32.2. The molecule has 16 heavy (non-hydrogen) atoms. The van der Waals surface area contributed by atoms with Crippen LogP contribution in [0, 0.1) is 0 Å². The number of anilines is 1. The van der Waals surface area contributed by atoms with Crippen molar-refractivity contribution in [1.29, 1.82) is 0 Å². The number of nitrogen functional groups attached to an aromatic ring is 1. The van der Waals surface area contributed by atoms with Crippen LogP contribution >= 0.6 is 11.8 Å². The maximum atomic E-state index is 12.4. The molecule has 0 aliphatic carbocycles. The van der Waals surface area contributed by atoms with E-state index in [1.54, 1.807) is 11.8 Å². The van der Waals surface area contributed by atoms with Crippen LogP contribution < -0.4 is 5.73 Å². The van der Waals surface area contributed by atoms with Crippen molar-refractivity contribution in [2.45, 2.75) is 31.0 Å². The summed E-state index contributed by atoms with van der Waals surface area (Å²) in [7, 11) is 0. The monoisotopic (exact) mass is 249 g/mol. The fourth-order valence-corrected chi connectivity index (χ4v) is 1.93. The van der Waals surface area contributed by atoms with E-state index in [1.807, 2.05) is 13.8 Å². The molecular weight excluding hydrogens is 235 g/mol. The number of hydrogen-bond acceptors (Lipinski definition) is 2. The van der Waals surface area contributed by atoms with Crippen molar-refractivity contribution in [3.05, 3.63) is 29.3 Å². The summed E-state index contributed by atoms with van der Waals surface area (Å²) in [5, 5.41) is 0.448. The number of alkyl halides is 3. The first-order valence-electron chi connectivity index (χ1n) is 4.88. The summed E-state index contributed by atoms with van der Waals surface area (Å²) in [6.45, 7) is 4.08. The molecular formula is C11H14F3NS. The molecule has 0 spiro atoms. The Hall–Kier alpha value is -0.840. The molecule has 0 bridgehead atoms. The Morgan fingerprint density at radius 2 is 1.94 bits per heavy atom. The van der Waals surface area contributed by atoms with Crippen LogP contribution in [0.25, 0.3) is 0 Å². The largest absolute Gasteiger partial charge is 0.418 e. The second-order valence-corrected chi connectivity index (χ2v) is 5.34. The van der Waals surface area contributed by atoms with Gasteiger partial charge >= 0.3 is 6.18 Å². The Kier molecular flexibility index (Phi) is 4.13. The molecule has 1 nitrogen and oxygen atoms in total. The predicted octanol–water partition coefficient (Wildman–Crippen LogP) is 3.93. The van der Waals surface area contributed by atoms with Crippen LogP contribution in [0.15, 0.2) is 18.2 Å². The van der Waals surface area contributed by atoms with Crippen LogP contribution in [0.3, 0.4) is 0 Å². The Balaban J connectivity index is 2.83. The van der Waals surface area contributed by atoms with Crippen LogP contribution in [-0.4, -0.2) is 5.25 Å². The van der Waals surface area contributed by atoms with E-state index in [1.165, 1.54) is 12.1 Å². The van der Waals surface area contributed by atoms with Gasteiger partial charge in [-0.1, -0.05) is 19.9 Å². The van der Waals surface area contributed by atoms with Crippen molar-refractivity contribution in [1.82, 2.24) is 0 Å². The average molecular weight is 249 g/mol. The van der Waals surface area contributed by atoms with E-state index in [9.17, 15) is 13.2 Å². The zero-order chi connectivity index (χ0) is 12.3. The second kappa shape index (κ2) is 4.99. The van der Waals surface area contributed by atoms with Crippen LogP contribution in [0.2, 0.25) is 0 Å². The minimum absolute atomic E-state index is 0.200. The van der Waals surface area contributed by atoms with Crippen molar-refractivity contribution in [3.63, 3.8) is 0 Å². The van der Waals surface area contributed by atoms with Crippen LogP contribution in [-0.2, 0) is 11.9 Å². The van der Waals surface area contributed by atoms with Crippen molar-refractivity contribution in [2.24, 2.45) is 0 Å². The van der Waals surface area contributed by atoms with Gasteiger partial charge in [-0.2, -0.15) is 24.9 Å². The molecule has 0 radical (unpaired) electrons. The van der Waals surface area contributed by atoms with Crippen molar-refractivity contribution in [2.75, 3.05) is 5.73 Å². The summed E-state index contributed by atoms with van der Waals surface area (Å²) in [4.78, 5) is 0. The molecule has 5 heteroatoms. The predicted molar refractivity (Wildman–Crippen MR) is 62.3 cm³/mol. The normalized spacial score (nSPS) is 12.1. The lowest BCUT2D eigenvalue weighted by Crippen LogP contribution is -2.09. The lowest BCUT2D eigenvalue weighted by atomic mass is 10.1. The molecule has 0 amide bonds. The van der Waals surface area contributed by atoms with Crippen molar-refractivity contribution >= 4 is 17.4 Å². The van der Waals surface area contributed by atoms with Gasteiger partial charge in [0.25, 0.3) is 0 Å². The highest BCUT2D eigenvalue weighted by Crippen LogP contribution is 2.34. The highest BCUT2D eigenvalue weighted by molar-refractivity contribution is 7.99. The van der Waals surface area contributed by atoms with Gasteiger partial charge in [-0.15, -0.1) is 0 Å². The van der Waals surface area contributed by atoms with Crippen LogP contribution in [0.1, 0.15) is 25.0 Å². The lowest BCUT2D eigenvalue weighted by Gasteiger charge is -2.11. The van der Waals surface area contributed by atoms with Gasteiger partial charge in [0.15, 0.2) is 0 Å². The minimum atomic E-state index is -4.37. The van der Waals surface area contributed by atoms with Gasteiger partial charge < -0.3 is 5.73 Å². The topological polar surface area (TPSA) is 26.0 Å². The maximum Gasteiger partial charge on any atom is 0.418 e. The Bertz CT molecular complexity index is 361. The first-order chi connectivity index (χ1) is 7.30. The van der Waals surface area contributed by atoms with Gasteiger partial charge in [0.05, 0.1) is 5.56 Å². The van der Waals surface area contributed by atoms with Crippen LogP contribution in [0.5, 0.6) is 0 Å². The summed E-state index contributed by atoms with van der Waals surface area (Å²) in [6.07, 6.45) is -4.37. The fourth-order valence-electron chi connectivity index (χ4n) is 1.22. The number of hydrogen-bond donors (Lipinski definition) is 1. The molecule has 90 valence electrons. The molecule has 0 aliphatic rings. The van der Waals surface area contributed by atoms with Crippen molar-refractivity contribution < 1.29 is 13.2 Å². The summed E-state index contributed by atoms with van der Waals surface area (Å²) in [6, 6.07) is 3.93. The molecule has 1 aromatic rings. The van der Waals surface area contributed by atoms with Gasteiger partial charge in [-0.25, -0.2) is 0 Å². The summed E-state index contributed by atoms with van der Waals surface area (Å²) in [5.41, 5.74) is 5.25. The van der Waals surface area contributed by atoms with E-state index in [0.29, 0.717) is 11.0 Å². The van der Waals surface area contributed by atoms with Gasteiger partial charge in [-0.3, -0.25) is 0 Å². The lowest BCUT2D eigenvalue weighted by molar-refractivity contribution is -0.136. The Labute approximate surface area is 97.2 Å². The molecule has 1 aromatic carbocycles. The average Bonchev–Trinajstić information content (AvgIpc) is 2.12. The molecule has 0 heterocycles. The van der Waals surface area contributed by atoms with E-state index in [2.05, 4.69) is 0 Å². The van der Waals surface area contributed by atoms with E-state index in [4.69, 9.17) is 5.73 Å². The highest BCUT2D eigenvalue weighted by Gasteiger charge is 2.32. The van der Waals surface area contributed by atoms with E-state index in [0.717, 1.165) is 11.6 Å². The first-order valence-corrected chi connectivity index (χ1v) is 5.93. The third-order valence-electron chi connectivity index (χ3n) is 2.00. The number of nitrogens with two attached hydrogens (primary N) is 1. The molecule has 0 saturated heterocycles. The zero-order valence-electron chi connectivity index (χ0n) is 9.14. The third-order valence-corrected chi connectivity index (χ3v) is 3.17. The van der Waals surface area contributed by atoms with Crippen molar-refractivity contribution in [3.8, 4) is 0 Å².